The summed E-state index contributed by atoms with van der Waals surface area (Å²) in [5, 5.41) is 3.22. The predicted octanol–water partition coefficient (Wildman–Crippen LogP) is 3.97. The molecule has 4 rings (SSSR count). The fraction of sp³-hybridized carbons (Fsp3) is 0.143. The molecule has 3 aromatic rings. The van der Waals surface area contributed by atoms with Crippen LogP contribution >= 0.6 is 27.3 Å². The van der Waals surface area contributed by atoms with Crippen LogP contribution < -0.4 is 4.90 Å². The lowest BCUT2D eigenvalue weighted by molar-refractivity contribution is 0.860. The Kier molecular flexibility index (Phi) is 2.56. The number of nitrogens with zero attached hydrogens (tertiary/aromatic N) is 3. The van der Waals surface area contributed by atoms with E-state index in [1.807, 2.05) is 0 Å². The van der Waals surface area contributed by atoms with Crippen molar-refractivity contribution in [2.75, 3.05) is 4.90 Å². The van der Waals surface area contributed by atoms with Gasteiger partial charge < -0.3 is 4.90 Å². The van der Waals surface area contributed by atoms with Crippen LogP contribution in [0.3, 0.4) is 0 Å². The van der Waals surface area contributed by atoms with Crippen molar-refractivity contribution < 1.29 is 0 Å². The third kappa shape index (κ3) is 1.84. The Morgan fingerprint density at radius 1 is 1.11 bits per heavy atom. The van der Waals surface area contributed by atoms with Gasteiger partial charge in [0, 0.05) is 17.6 Å². The molecule has 0 radical (unpaired) electrons. The number of hydrogen-bond donors (Lipinski definition) is 0. The fourth-order valence-corrected chi connectivity index (χ4v) is 3.68. The normalized spacial score (nSPS) is 14.1. The van der Waals surface area contributed by atoms with Gasteiger partial charge >= 0.3 is 0 Å². The van der Waals surface area contributed by atoms with Crippen LogP contribution in [0.2, 0.25) is 0 Å². The molecule has 1 aliphatic rings. The third-order valence-electron chi connectivity index (χ3n) is 3.43. The first-order valence-corrected chi connectivity index (χ1v) is 7.69. The van der Waals surface area contributed by atoms with Crippen molar-refractivity contribution in [3.05, 3.63) is 51.6 Å². The van der Waals surface area contributed by atoms with Gasteiger partial charge in [-0.15, -0.1) is 11.3 Å². The number of fused-ring (bicyclic) bond motifs is 2. The van der Waals surface area contributed by atoms with Crippen LogP contribution in [0.5, 0.6) is 0 Å². The average Bonchev–Trinajstić information content (AvgIpc) is 3.03. The van der Waals surface area contributed by atoms with Crippen LogP contribution in [0.4, 0.5) is 5.82 Å². The molecule has 1 aliphatic heterocycles. The molecule has 0 bridgehead atoms. The molecule has 0 atom stereocenters. The highest BCUT2D eigenvalue weighted by molar-refractivity contribution is 9.10. The molecule has 0 aliphatic carbocycles. The molecule has 0 amide bonds. The van der Waals surface area contributed by atoms with E-state index in [9.17, 15) is 0 Å². The maximum absolute atomic E-state index is 4.48. The van der Waals surface area contributed by atoms with E-state index in [4.69, 9.17) is 0 Å². The summed E-state index contributed by atoms with van der Waals surface area (Å²) < 4.78 is 1.14. The summed E-state index contributed by atoms with van der Waals surface area (Å²) in [5.41, 5.74) is 2.75. The van der Waals surface area contributed by atoms with Gasteiger partial charge in [-0.3, -0.25) is 0 Å². The van der Waals surface area contributed by atoms with Gasteiger partial charge in [0.1, 0.15) is 17.0 Å². The van der Waals surface area contributed by atoms with Gasteiger partial charge in [0.05, 0.1) is 5.39 Å². The Morgan fingerprint density at radius 2 is 2.00 bits per heavy atom. The predicted molar refractivity (Wildman–Crippen MR) is 81.4 cm³/mol. The molecule has 0 N–H and O–H groups in total. The van der Waals surface area contributed by atoms with Crippen molar-refractivity contribution in [1.82, 2.24) is 9.97 Å². The Balaban J connectivity index is 1.78. The average molecular weight is 332 g/mol. The second kappa shape index (κ2) is 4.28. The highest BCUT2D eigenvalue weighted by Crippen LogP contribution is 2.33. The first kappa shape index (κ1) is 11.4. The summed E-state index contributed by atoms with van der Waals surface area (Å²) in [6, 6.07) is 8.59. The molecule has 0 unspecified atom stereocenters. The number of rotatable bonds is 1. The minimum absolute atomic E-state index is 0.913. The van der Waals surface area contributed by atoms with Crippen molar-refractivity contribution in [1.29, 1.82) is 0 Å². The van der Waals surface area contributed by atoms with Crippen molar-refractivity contribution in [3.63, 3.8) is 0 Å². The van der Waals surface area contributed by atoms with Gasteiger partial charge in [-0.25, -0.2) is 9.97 Å². The second-order valence-electron chi connectivity index (χ2n) is 4.61. The third-order valence-corrected chi connectivity index (χ3v) is 4.74. The Bertz CT molecular complexity index is 768. The van der Waals surface area contributed by atoms with Gasteiger partial charge in [-0.1, -0.05) is 22.0 Å². The van der Waals surface area contributed by atoms with Crippen LogP contribution in [-0.2, 0) is 13.1 Å². The number of hydrogen-bond acceptors (Lipinski definition) is 4. The molecule has 2 aromatic heterocycles. The minimum atomic E-state index is 0.913. The molecule has 0 saturated carbocycles. The Labute approximate surface area is 123 Å². The zero-order valence-corrected chi connectivity index (χ0v) is 12.4. The van der Waals surface area contributed by atoms with E-state index in [1.165, 1.54) is 11.1 Å². The largest absolute Gasteiger partial charge is 0.347 e. The van der Waals surface area contributed by atoms with Crippen LogP contribution in [0.25, 0.3) is 10.2 Å². The van der Waals surface area contributed by atoms with Gasteiger partial charge in [0.25, 0.3) is 0 Å². The van der Waals surface area contributed by atoms with E-state index in [-0.39, 0.29) is 0 Å². The first-order chi connectivity index (χ1) is 9.31. The SMILES string of the molecule is Brc1ccc2c(c1)CN(c1ncnc3sccc13)C2. The lowest BCUT2D eigenvalue weighted by Gasteiger charge is -2.16. The lowest BCUT2D eigenvalue weighted by atomic mass is 10.1. The zero-order chi connectivity index (χ0) is 12.8. The zero-order valence-electron chi connectivity index (χ0n) is 10.0. The molecule has 3 nitrogen and oxygen atoms in total. The van der Waals surface area contributed by atoms with E-state index in [2.05, 4.69) is 60.4 Å². The molecule has 19 heavy (non-hydrogen) atoms. The summed E-state index contributed by atoms with van der Waals surface area (Å²) >= 11 is 5.19. The Morgan fingerprint density at radius 3 is 2.95 bits per heavy atom. The number of halogens is 1. The summed E-state index contributed by atoms with van der Waals surface area (Å²) in [4.78, 5) is 12.2. The van der Waals surface area contributed by atoms with Gasteiger partial charge in [0.15, 0.2) is 0 Å². The minimum Gasteiger partial charge on any atom is -0.347 e. The second-order valence-corrected chi connectivity index (χ2v) is 6.42. The summed E-state index contributed by atoms with van der Waals surface area (Å²) in [6.45, 7) is 1.83. The van der Waals surface area contributed by atoms with E-state index in [1.54, 1.807) is 17.7 Å². The van der Waals surface area contributed by atoms with Crippen LogP contribution in [0, 0.1) is 0 Å². The highest BCUT2D eigenvalue weighted by atomic mass is 79.9. The van der Waals surface area contributed by atoms with Gasteiger partial charge in [-0.05, 0) is 34.7 Å². The quantitative estimate of drug-likeness (QED) is 0.675. The molecule has 3 heterocycles. The number of thiophene rings is 1. The number of anilines is 1. The summed E-state index contributed by atoms with van der Waals surface area (Å²) in [6.07, 6.45) is 1.66. The molecule has 5 heteroatoms. The maximum atomic E-state index is 4.48. The van der Waals surface area contributed by atoms with Crippen LogP contribution in [0.15, 0.2) is 40.4 Å². The molecule has 0 fully saturated rings. The van der Waals surface area contributed by atoms with Gasteiger partial charge in [-0.2, -0.15) is 0 Å². The van der Waals surface area contributed by atoms with Crippen molar-refractivity contribution in [3.8, 4) is 0 Å². The van der Waals surface area contributed by atoms with Crippen molar-refractivity contribution >= 4 is 43.3 Å². The molecule has 0 spiro atoms. The first-order valence-electron chi connectivity index (χ1n) is 6.02. The van der Waals surface area contributed by atoms with Gasteiger partial charge in [0.2, 0.25) is 0 Å². The molecule has 1 aromatic carbocycles. The molecule has 0 saturated heterocycles. The standard InChI is InChI=1S/C14H10BrN3S/c15-11-2-1-9-6-18(7-10(9)5-11)13-12-3-4-19-14(12)17-8-16-13/h1-5,8H,6-7H2. The maximum Gasteiger partial charge on any atom is 0.141 e. The number of aromatic nitrogens is 2. The Hall–Kier alpha value is -1.46. The van der Waals surface area contributed by atoms with E-state index in [0.29, 0.717) is 0 Å². The van der Waals surface area contributed by atoms with E-state index < -0.39 is 0 Å². The van der Waals surface area contributed by atoms with E-state index in [0.717, 1.165) is 33.6 Å². The highest BCUT2D eigenvalue weighted by Gasteiger charge is 2.22. The topological polar surface area (TPSA) is 29.0 Å². The molecular formula is C14H10BrN3S. The molecule has 94 valence electrons. The molecular weight excluding hydrogens is 322 g/mol. The summed E-state index contributed by atoms with van der Waals surface area (Å²) in [5.74, 6) is 1.04. The number of benzene rings is 1. The smallest absolute Gasteiger partial charge is 0.141 e. The van der Waals surface area contributed by atoms with Crippen LogP contribution in [-0.4, -0.2) is 9.97 Å². The van der Waals surface area contributed by atoms with Crippen molar-refractivity contribution in [2.45, 2.75) is 13.1 Å². The fourth-order valence-electron chi connectivity index (χ4n) is 2.54. The van der Waals surface area contributed by atoms with Crippen molar-refractivity contribution in [2.24, 2.45) is 0 Å². The lowest BCUT2D eigenvalue weighted by Crippen LogP contribution is -2.16. The van der Waals surface area contributed by atoms with E-state index >= 15 is 0 Å². The van der Waals surface area contributed by atoms with Crippen LogP contribution in [0.1, 0.15) is 11.1 Å². The summed E-state index contributed by atoms with van der Waals surface area (Å²) in [7, 11) is 0. The monoisotopic (exact) mass is 331 g/mol.